The summed E-state index contributed by atoms with van der Waals surface area (Å²) in [6, 6.07) is 32.0. The second-order valence-corrected chi connectivity index (χ2v) is 20.3. The average molecular weight is 879 g/mol. The predicted molar refractivity (Wildman–Crippen MR) is 254 cm³/mol. The summed E-state index contributed by atoms with van der Waals surface area (Å²) in [5.41, 5.74) is 7.96. The number of hydrogen-bond acceptors (Lipinski definition) is 7. The van der Waals surface area contributed by atoms with E-state index in [1.165, 1.54) is 32.8 Å². The Balaban J connectivity index is 0.788. The highest BCUT2D eigenvalue weighted by molar-refractivity contribution is 6.07. The number of ether oxygens (including phenoxy) is 1. The fourth-order valence-electron chi connectivity index (χ4n) is 12.8. The molecule has 12 nitrogen and oxygen atoms in total. The Hall–Kier alpha value is -6.53. The summed E-state index contributed by atoms with van der Waals surface area (Å²) >= 11 is 0. The summed E-state index contributed by atoms with van der Waals surface area (Å²) in [7, 11) is 1.31. The Kier molecular flexibility index (Phi) is 8.89. The zero-order chi connectivity index (χ0) is 44.7. The Bertz CT molecular complexity index is 3160. The molecule has 4 aliphatic heterocycles. The number of hydrogen-bond donors (Lipinski definition) is 3. The minimum absolute atomic E-state index is 0.0444. The van der Waals surface area contributed by atoms with Gasteiger partial charge >= 0.3 is 6.09 Å². The summed E-state index contributed by atoms with van der Waals surface area (Å²) in [5, 5.41) is 7.04. The number of amides is 3. The van der Waals surface area contributed by atoms with Crippen molar-refractivity contribution in [2.75, 3.05) is 7.11 Å². The molecule has 8 atom stereocenters. The lowest BCUT2D eigenvalue weighted by molar-refractivity contribution is -0.140. The highest BCUT2D eigenvalue weighted by Crippen LogP contribution is 2.57. The van der Waals surface area contributed by atoms with Gasteiger partial charge in [-0.05, 0) is 114 Å². The first kappa shape index (κ1) is 39.8. The molecular weight excluding hydrogens is 825 g/mol. The van der Waals surface area contributed by atoms with Crippen molar-refractivity contribution in [3.05, 3.63) is 120 Å². The molecule has 66 heavy (non-hydrogen) atoms. The minimum Gasteiger partial charge on any atom is -0.453 e. The highest BCUT2D eigenvalue weighted by Gasteiger charge is 2.60. The molecule has 2 aliphatic carbocycles. The van der Waals surface area contributed by atoms with E-state index in [9.17, 15) is 9.59 Å². The van der Waals surface area contributed by atoms with Crippen molar-refractivity contribution in [2.45, 2.75) is 107 Å². The molecule has 6 fully saturated rings. The molecule has 7 aromatic rings. The molecule has 6 heterocycles. The van der Waals surface area contributed by atoms with Crippen LogP contribution in [0, 0.1) is 17.8 Å². The van der Waals surface area contributed by atoms with Gasteiger partial charge in [-0.1, -0.05) is 87.2 Å². The van der Waals surface area contributed by atoms with E-state index < -0.39 is 18.2 Å². The molecule has 2 aromatic heterocycles. The SMILES string of the molecule is C=C1C2CC2N(C(=O)[C@@H](NC(=O)OC)C(C)C)[C@@H]1c1nc2c(ccc3cc(-c4ccc5c(ccc6[nH]c([C@@H]7C[C@H]8C[C@H]8N7C(=O)C(c7ccccc7)N7C8CCC7CC8)nc65)c4)ccc32)[nH]1. The van der Waals surface area contributed by atoms with Gasteiger partial charge in [0.05, 0.1) is 35.2 Å². The monoisotopic (exact) mass is 878 g/mol. The van der Waals surface area contributed by atoms with Crippen LogP contribution >= 0.6 is 0 Å². The molecule has 4 saturated heterocycles. The number of carbonyl (C=O) groups is 3. The Morgan fingerprint density at radius 2 is 1.35 bits per heavy atom. The number of imidazole rings is 2. The van der Waals surface area contributed by atoms with Gasteiger partial charge in [0.25, 0.3) is 0 Å². The number of H-pyrrole nitrogens is 2. The van der Waals surface area contributed by atoms with Gasteiger partial charge in [0.15, 0.2) is 0 Å². The molecule has 5 aromatic carbocycles. The topological polar surface area (TPSA) is 140 Å². The maximum absolute atomic E-state index is 15.0. The van der Waals surface area contributed by atoms with Crippen molar-refractivity contribution in [3.8, 4) is 11.1 Å². The zero-order valence-corrected chi connectivity index (χ0v) is 37.5. The zero-order valence-electron chi connectivity index (χ0n) is 37.5. The number of nitrogens with zero attached hydrogens (tertiary/aromatic N) is 5. The summed E-state index contributed by atoms with van der Waals surface area (Å²) in [6.07, 6.45) is 7.03. The number of piperidine rings is 2. The van der Waals surface area contributed by atoms with Crippen molar-refractivity contribution in [3.63, 3.8) is 0 Å². The van der Waals surface area contributed by atoms with Crippen LogP contribution in [0.1, 0.15) is 94.1 Å². The summed E-state index contributed by atoms with van der Waals surface area (Å²) in [6.45, 7) is 8.29. The number of likely N-dealkylation sites (tertiary alicyclic amines) is 2. The van der Waals surface area contributed by atoms with E-state index in [1.54, 1.807) is 0 Å². The van der Waals surface area contributed by atoms with E-state index in [0.717, 1.165) is 91.0 Å². The first-order valence-electron chi connectivity index (χ1n) is 24.0. The lowest BCUT2D eigenvalue weighted by Crippen LogP contribution is -2.52. The minimum atomic E-state index is -0.730. The van der Waals surface area contributed by atoms with Gasteiger partial charge in [0.2, 0.25) is 11.8 Å². The van der Waals surface area contributed by atoms with Crippen LogP contribution in [0.15, 0.2) is 103 Å². The summed E-state index contributed by atoms with van der Waals surface area (Å²) in [5.74, 6) is 2.29. The second kappa shape index (κ2) is 14.7. The smallest absolute Gasteiger partial charge is 0.407 e. The number of nitrogens with one attached hydrogen (secondary N) is 3. The normalized spacial score (nSPS) is 27.3. The lowest BCUT2D eigenvalue weighted by atomic mass is 9.98. The average Bonchev–Trinajstić information content (AvgIpc) is 3.79. The molecule has 13 rings (SSSR count). The molecule has 6 aliphatic rings. The second-order valence-electron chi connectivity index (χ2n) is 20.3. The van der Waals surface area contributed by atoms with Gasteiger partial charge in [-0.2, -0.15) is 0 Å². The van der Waals surface area contributed by atoms with Crippen molar-refractivity contribution >= 4 is 61.5 Å². The lowest BCUT2D eigenvalue weighted by Gasteiger charge is -2.37. The number of carbonyl (C=O) groups excluding carboxylic acids is 3. The van der Waals surface area contributed by atoms with E-state index >= 15 is 4.79 Å². The van der Waals surface area contributed by atoms with Crippen molar-refractivity contribution in [1.82, 2.24) is 40.0 Å². The summed E-state index contributed by atoms with van der Waals surface area (Å²) in [4.78, 5) is 65.8. The van der Waals surface area contributed by atoms with Gasteiger partial charge in [0.1, 0.15) is 29.8 Å². The number of alkyl carbamates (subject to hydrolysis) is 1. The maximum atomic E-state index is 15.0. The molecular formula is C54H54N8O4. The molecule has 12 heteroatoms. The molecule has 3 unspecified atom stereocenters. The third-order valence-electron chi connectivity index (χ3n) is 16.3. The molecule has 334 valence electrons. The molecule has 0 spiro atoms. The fraction of sp³-hybridized carbons (Fsp3) is 0.389. The molecule has 0 radical (unpaired) electrons. The fourth-order valence-corrected chi connectivity index (χ4v) is 12.8. The first-order chi connectivity index (χ1) is 32.1. The van der Waals surface area contributed by atoms with Gasteiger partial charge < -0.3 is 29.8 Å². The quantitative estimate of drug-likeness (QED) is 0.123. The number of fused-ring (bicyclic) bond motifs is 10. The highest BCUT2D eigenvalue weighted by atomic mass is 16.5. The van der Waals surface area contributed by atoms with Crippen LogP contribution in [0.4, 0.5) is 4.79 Å². The van der Waals surface area contributed by atoms with E-state index in [1.807, 2.05) is 24.8 Å². The van der Waals surface area contributed by atoms with E-state index in [0.29, 0.717) is 23.8 Å². The van der Waals surface area contributed by atoms with Crippen molar-refractivity contribution < 1.29 is 19.1 Å². The third kappa shape index (κ3) is 6.09. The van der Waals surface area contributed by atoms with Crippen LogP contribution in [0.5, 0.6) is 0 Å². The largest absolute Gasteiger partial charge is 0.453 e. The molecule has 2 saturated carbocycles. The van der Waals surface area contributed by atoms with Crippen LogP contribution < -0.4 is 5.32 Å². The predicted octanol–water partition coefficient (Wildman–Crippen LogP) is 9.65. The number of methoxy groups -OCH3 is 1. The number of benzene rings is 5. The number of aromatic amines is 2. The molecule has 3 amide bonds. The Morgan fingerprint density at radius 1 is 0.727 bits per heavy atom. The van der Waals surface area contributed by atoms with E-state index in [-0.39, 0.29) is 47.8 Å². The van der Waals surface area contributed by atoms with Gasteiger partial charge in [-0.15, -0.1) is 0 Å². The van der Waals surface area contributed by atoms with E-state index in [2.05, 4.69) is 117 Å². The number of aromatic nitrogens is 4. The van der Waals surface area contributed by atoms with Crippen molar-refractivity contribution in [1.29, 1.82) is 0 Å². The third-order valence-corrected chi connectivity index (χ3v) is 16.3. The molecule has 2 bridgehead atoms. The number of rotatable bonds is 9. The van der Waals surface area contributed by atoms with Gasteiger partial charge in [-0.25, -0.2) is 14.8 Å². The Morgan fingerprint density at radius 3 is 1.97 bits per heavy atom. The standard InChI is InChI=1S/C54H54N8O4/c1-27(2)45(59-54(65)66-4)52(63)62-43-26-39(43)28(3)48(62)51-56-41-21-13-33-23-31(11-19-38(33)47(41)58-51)30-10-18-37-32(22-30)12-20-40-46(37)57-50(55-40)44-25-34-24-42(34)61(44)53(64)49(29-8-6-5-7-9-29)60-35-14-15-36(60)17-16-35/h5-13,18-23,27,34-36,39,42-45,48-49H,3,14-17,24-26H2,1-2,4H3,(H,55,57)(H,56,58)(H,59,65)/t34-,35?,36?,39?,42-,43?,44+,45+,48+,49?/m1/s1. The summed E-state index contributed by atoms with van der Waals surface area (Å²) < 4.78 is 4.86. The Labute approximate surface area is 382 Å². The van der Waals surface area contributed by atoms with Crippen LogP contribution in [-0.4, -0.2) is 89.9 Å². The van der Waals surface area contributed by atoms with Gasteiger partial charge in [-0.3, -0.25) is 14.5 Å². The van der Waals surface area contributed by atoms with E-state index in [4.69, 9.17) is 14.7 Å². The van der Waals surface area contributed by atoms with Crippen LogP contribution in [0.3, 0.4) is 0 Å². The van der Waals surface area contributed by atoms with Crippen LogP contribution in [-0.2, 0) is 14.3 Å². The van der Waals surface area contributed by atoms with Crippen molar-refractivity contribution in [2.24, 2.45) is 17.8 Å². The maximum Gasteiger partial charge on any atom is 0.407 e. The first-order valence-corrected chi connectivity index (χ1v) is 24.0. The molecule has 3 N–H and O–H groups in total. The van der Waals surface area contributed by atoms with Crippen LogP contribution in [0.2, 0.25) is 0 Å². The van der Waals surface area contributed by atoms with Crippen LogP contribution in [0.25, 0.3) is 54.7 Å². The van der Waals surface area contributed by atoms with Gasteiger partial charge in [0, 0.05) is 40.9 Å².